The largest absolute Gasteiger partial charge is 0.420 e. The number of aliphatic hydroxyl groups is 1. The molecule has 1 saturated heterocycles. The predicted molar refractivity (Wildman–Crippen MR) is 112 cm³/mol. The van der Waals surface area contributed by atoms with E-state index in [-0.39, 0.29) is 36.4 Å². The molecule has 2 aliphatic heterocycles. The Balaban J connectivity index is 1.44. The van der Waals surface area contributed by atoms with Crippen LogP contribution in [0.5, 0.6) is 5.75 Å². The van der Waals surface area contributed by atoms with Crippen LogP contribution in [0.3, 0.4) is 0 Å². The Morgan fingerprint density at radius 2 is 2.00 bits per heavy atom. The summed E-state index contributed by atoms with van der Waals surface area (Å²) in [5.74, 6) is -1.34. The number of anilines is 1. The van der Waals surface area contributed by atoms with Gasteiger partial charge in [-0.3, -0.25) is 29.6 Å². The molecule has 184 valence electrons. The normalized spacial score (nSPS) is 18.7. The lowest BCUT2D eigenvalue weighted by Crippen LogP contribution is -2.52. The first-order valence-electron chi connectivity index (χ1n) is 10.4. The van der Waals surface area contributed by atoms with Crippen molar-refractivity contribution in [1.29, 1.82) is 0 Å². The fraction of sp³-hybridized carbons (Fsp3) is 0.318. The zero-order chi connectivity index (χ0) is 25.5. The third-order valence-corrected chi connectivity index (χ3v) is 5.73. The second-order valence-corrected chi connectivity index (χ2v) is 8.03. The minimum atomic E-state index is -4.88. The van der Waals surface area contributed by atoms with Crippen molar-refractivity contribution in [2.24, 2.45) is 0 Å². The average Bonchev–Trinajstić information content (AvgIpc) is 3.13. The first-order valence-corrected chi connectivity index (χ1v) is 10.4. The number of nitrogens with zero attached hydrogens (tertiary/aromatic N) is 3. The molecule has 1 aromatic heterocycles. The highest BCUT2D eigenvalue weighted by Crippen LogP contribution is 2.32. The number of hydrogen-bond acceptors (Lipinski definition) is 7. The van der Waals surface area contributed by atoms with Crippen molar-refractivity contribution in [3.8, 4) is 5.75 Å². The highest BCUT2D eigenvalue weighted by Gasteiger charge is 2.41. The van der Waals surface area contributed by atoms with Crippen molar-refractivity contribution < 1.29 is 42.2 Å². The summed E-state index contributed by atoms with van der Waals surface area (Å²) < 4.78 is 43.1. The molecule has 1 aromatic carbocycles. The number of carbonyl (C=O) groups excluding carboxylic acids is 4. The third kappa shape index (κ3) is 4.80. The van der Waals surface area contributed by atoms with Crippen molar-refractivity contribution in [3.63, 3.8) is 0 Å². The third-order valence-electron chi connectivity index (χ3n) is 5.73. The molecule has 4 amide bonds. The maximum Gasteiger partial charge on any atom is 0.420 e. The molecule has 0 radical (unpaired) electrons. The van der Waals surface area contributed by atoms with E-state index in [4.69, 9.17) is 4.74 Å². The number of alkyl halides is 3. The number of hydrogen-bond donors (Lipinski definition) is 2. The summed E-state index contributed by atoms with van der Waals surface area (Å²) in [6, 6.07) is 5.73. The molecule has 2 unspecified atom stereocenters. The molecule has 1 fully saturated rings. The first-order chi connectivity index (χ1) is 16.5. The molecule has 0 bridgehead atoms. The summed E-state index contributed by atoms with van der Waals surface area (Å²) in [6.45, 7) is 0.163. The van der Waals surface area contributed by atoms with Crippen LogP contribution in [0.4, 0.5) is 23.7 Å². The van der Waals surface area contributed by atoms with Crippen LogP contribution in [-0.4, -0.2) is 58.1 Å². The molecule has 0 spiro atoms. The Morgan fingerprint density at radius 3 is 2.63 bits per heavy atom. The lowest BCUT2D eigenvalue weighted by Gasteiger charge is -2.29. The smallest absolute Gasteiger partial charge is 0.410 e. The number of aromatic nitrogens is 1. The van der Waals surface area contributed by atoms with Gasteiger partial charge in [-0.1, -0.05) is 6.07 Å². The van der Waals surface area contributed by atoms with E-state index in [2.05, 4.69) is 10.3 Å². The summed E-state index contributed by atoms with van der Waals surface area (Å²) in [4.78, 5) is 54.8. The Bertz CT molecular complexity index is 1200. The fourth-order valence-electron chi connectivity index (χ4n) is 3.80. The quantitative estimate of drug-likeness (QED) is 0.625. The zero-order valence-corrected chi connectivity index (χ0v) is 18.2. The molecular formula is C22H19F3N4O6. The summed E-state index contributed by atoms with van der Waals surface area (Å²) >= 11 is 0. The van der Waals surface area contributed by atoms with E-state index in [0.29, 0.717) is 5.56 Å². The van der Waals surface area contributed by atoms with Crippen LogP contribution in [0.25, 0.3) is 0 Å². The average molecular weight is 492 g/mol. The molecule has 3 heterocycles. The topological polar surface area (TPSA) is 129 Å². The second-order valence-electron chi connectivity index (χ2n) is 8.03. The van der Waals surface area contributed by atoms with Crippen LogP contribution < -0.4 is 15.0 Å². The SMILES string of the molecule is CN(C(=O)Oc1ccc2c(c1)C(=O)N(C1CCC(=O)NC1=O)C2)c1ccc(C(O)C(F)(F)F)nc1. The van der Waals surface area contributed by atoms with Crippen molar-refractivity contribution in [2.75, 3.05) is 11.9 Å². The Morgan fingerprint density at radius 1 is 1.26 bits per heavy atom. The van der Waals surface area contributed by atoms with E-state index in [1.807, 2.05) is 0 Å². The lowest BCUT2D eigenvalue weighted by atomic mass is 10.0. The monoisotopic (exact) mass is 492 g/mol. The van der Waals surface area contributed by atoms with Crippen LogP contribution in [-0.2, 0) is 16.1 Å². The highest BCUT2D eigenvalue weighted by atomic mass is 19.4. The van der Waals surface area contributed by atoms with Gasteiger partial charge in [0.2, 0.25) is 11.8 Å². The van der Waals surface area contributed by atoms with Crippen LogP contribution in [0.2, 0.25) is 0 Å². The minimum absolute atomic E-state index is 0.0381. The van der Waals surface area contributed by atoms with Gasteiger partial charge in [-0.15, -0.1) is 0 Å². The van der Waals surface area contributed by atoms with Gasteiger partial charge in [-0.25, -0.2) is 4.79 Å². The van der Waals surface area contributed by atoms with Crippen molar-refractivity contribution in [1.82, 2.24) is 15.2 Å². The van der Waals surface area contributed by atoms with Gasteiger partial charge in [-0.05, 0) is 36.2 Å². The van der Waals surface area contributed by atoms with Gasteiger partial charge in [0.1, 0.15) is 11.8 Å². The molecule has 35 heavy (non-hydrogen) atoms. The van der Waals surface area contributed by atoms with E-state index in [1.54, 1.807) is 6.07 Å². The standard InChI is InChI=1S/C22H19F3N4O6/c1-28(12-3-5-15(26-9-12)18(31)22(23,24)25)21(34)35-13-4-2-11-10-29(20(33)14(11)8-13)16-6-7-17(30)27-19(16)32/h2-5,8-9,16,18,31H,6-7,10H2,1H3,(H,27,30,32). The number of piperidine rings is 1. The van der Waals surface area contributed by atoms with E-state index in [1.165, 1.54) is 30.1 Å². The van der Waals surface area contributed by atoms with Crippen LogP contribution in [0, 0.1) is 0 Å². The number of imide groups is 1. The molecule has 2 N–H and O–H groups in total. The van der Waals surface area contributed by atoms with E-state index >= 15 is 0 Å². The van der Waals surface area contributed by atoms with Gasteiger partial charge in [-0.2, -0.15) is 13.2 Å². The Labute approximate surface area is 196 Å². The number of carbonyl (C=O) groups is 4. The molecule has 0 aliphatic carbocycles. The predicted octanol–water partition coefficient (Wildman–Crippen LogP) is 2.07. The number of nitrogens with one attached hydrogen (secondary N) is 1. The number of fused-ring (bicyclic) bond motifs is 1. The van der Waals surface area contributed by atoms with E-state index < -0.39 is 47.8 Å². The Hall–Kier alpha value is -4.00. The van der Waals surface area contributed by atoms with E-state index in [0.717, 1.165) is 17.2 Å². The summed E-state index contributed by atoms with van der Waals surface area (Å²) in [6.07, 6.45) is -7.21. The highest BCUT2D eigenvalue weighted by molar-refractivity contribution is 6.05. The molecule has 2 aromatic rings. The molecule has 0 saturated carbocycles. The summed E-state index contributed by atoms with van der Waals surface area (Å²) in [5, 5.41) is 11.5. The maximum atomic E-state index is 12.9. The molecule has 2 atom stereocenters. The molecule has 10 nitrogen and oxygen atoms in total. The number of amides is 4. The van der Waals surface area contributed by atoms with Gasteiger partial charge in [0.25, 0.3) is 5.91 Å². The van der Waals surface area contributed by atoms with Crippen molar-refractivity contribution >= 4 is 29.5 Å². The van der Waals surface area contributed by atoms with Crippen molar-refractivity contribution in [2.45, 2.75) is 37.7 Å². The van der Waals surface area contributed by atoms with Crippen LogP contribution in [0.15, 0.2) is 36.5 Å². The molecule has 13 heteroatoms. The minimum Gasteiger partial charge on any atom is -0.410 e. The van der Waals surface area contributed by atoms with Crippen LogP contribution in [0.1, 0.15) is 40.6 Å². The molecular weight excluding hydrogens is 473 g/mol. The number of pyridine rings is 1. The van der Waals surface area contributed by atoms with E-state index in [9.17, 15) is 37.5 Å². The van der Waals surface area contributed by atoms with Gasteiger partial charge in [0, 0.05) is 25.6 Å². The van der Waals surface area contributed by atoms with Crippen molar-refractivity contribution in [3.05, 3.63) is 53.3 Å². The van der Waals surface area contributed by atoms with Crippen LogP contribution >= 0.6 is 0 Å². The number of benzene rings is 1. The number of ether oxygens (including phenoxy) is 1. The number of aliphatic hydroxyl groups excluding tert-OH is 1. The first kappa shape index (κ1) is 24.1. The van der Waals surface area contributed by atoms with Gasteiger partial charge in [0.15, 0.2) is 6.10 Å². The summed E-state index contributed by atoms with van der Waals surface area (Å²) in [7, 11) is 1.31. The number of rotatable bonds is 4. The second kappa shape index (κ2) is 8.98. The number of halogens is 3. The molecule has 4 rings (SSSR count). The Kier molecular flexibility index (Phi) is 6.19. The fourth-order valence-corrected chi connectivity index (χ4v) is 3.80. The molecule has 2 aliphatic rings. The van der Waals surface area contributed by atoms with Gasteiger partial charge >= 0.3 is 12.3 Å². The lowest BCUT2D eigenvalue weighted by molar-refractivity contribution is -0.207. The maximum absolute atomic E-state index is 12.9. The summed E-state index contributed by atoms with van der Waals surface area (Å²) in [5.41, 5.74) is 0.348. The van der Waals surface area contributed by atoms with Gasteiger partial charge < -0.3 is 14.7 Å². The van der Waals surface area contributed by atoms with Gasteiger partial charge in [0.05, 0.1) is 17.6 Å². The zero-order valence-electron chi connectivity index (χ0n) is 18.2.